The standard InChI is InChI=1S/C14H9F3N2S/c15-14(16,17)12-11(19-13(18)20-12)10-6-5-8-3-1-2-4-9(8)7-10/h1-7H,(H2,18,19). The van der Waals surface area contributed by atoms with Crippen LogP contribution in [0.15, 0.2) is 42.5 Å². The average molecular weight is 294 g/mol. The fraction of sp³-hybridized carbons (Fsp3) is 0.0714. The molecule has 0 bridgehead atoms. The van der Waals surface area contributed by atoms with Crippen LogP contribution in [0.5, 0.6) is 0 Å². The van der Waals surface area contributed by atoms with Gasteiger partial charge in [-0.05, 0) is 16.8 Å². The molecule has 0 aliphatic rings. The molecule has 6 heteroatoms. The molecule has 0 saturated carbocycles. The van der Waals surface area contributed by atoms with Crippen molar-refractivity contribution in [3.8, 4) is 11.3 Å². The molecule has 3 rings (SSSR count). The van der Waals surface area contributed by atoms with E-state index in [9.17, 15) is 13.2 Å². The van der Waals surface area contributed by atoms with Gasteiger partial charge in [-0.15, -0.1) is 0 Å². The van der Waals surface area contributed by atoms with Crippen LogP contribution in [0.1, 0.15) is 4.88 Å². The Morgan fingerprint density at radius 1 is 1.00 bits per heavy atom. The highest BCUT2D eigenvalue weighted by molar-refractivity contribution is 7.15. The van der Waals surface area contributed by atoms with Gasteiger partial charge < -0.3 is 5.73 Å². The van der Waals surface area contributed by atoms with E-state index in [0.29, 0.717) is 16.9 Å². The number of nitrogen functional groups attached to an aromatic ring is 1. The zero-order valence-electron chi connectivity index (χ0n) is 10.1. The molecule has 20 heavy (non-hydrogen) atoms. The number of benzene rings is 2. The number of nitrogens with two attached hydrogens (primary N) is 1. The predicted octanol–water partition coefficient (Wildman–Crippen LogP) is 4.56. The van der Waals surface area contributed by atoms with Crippen molar-refractivity contribution in [2.75, 3.05) is 5.73 Å². The molecule has 0 aliphatic heterocycles. The third kappa shape index (κ3) is 2.22. The minimum Gasteiger partial charge on any atom is -0.375 e. The van der Waals surface area contributed by atoms with Gasteiger partial charge in [0.05, 0.1) is 5.69 Å². The van der Waals surface area contributed by atoms with Crippen LogP contribution in [0.25, 0.3) is 22.0 Å². The smallest absolute Gasteiger partial charge is 0.375 e. The van der Waals surface area contributed by atoms with E-state index in [1.165, 1.54) is 0 Å². The second-order valence-electron chi connectivity index (χ2n) is 4.29. The molecule has 2 aromatic carbocycles. The summed E-state index contributed by atoms with van der Waals surface area (Å²) in [5.41, 5.74) is 5.75. The number of fused-ring (bicyclic) bond motifs is 1. The molecular weight excluding hydrogens is 285 g/mol. The van der Waals surface area contributed by atoms with Crippen molar-refractivity contribution in [3.63, 3.8) is 0 Å². The monoisotopic (exact) mass is 294 g/mol. The first-order valence-electron chi connectivity index (χ1n) is 5.78. The Labute approximate surface area is 116 Å². The van der Waals surface area contributed by atoms with Crippen LogP contribution in [0.2, 0.25) is 0 Å². The molecule has 2 N–H and O–H groups in total. The van der Waals surface area contributed by atoms with Gasteiger partial charge in [-0.1, -0.05) is 47.7 Å². The first-order chi connectivity index (χ1) is 9.45. The molecular formula is C14H9F3N2S. The quantitative estimate of drug-likeness (QED) is 0.714. The summed E-state index contributed by atoms with van der Waals surface area (Å²) in [6.45, 7) is 0. The van der Waals surface area contributed by atoms with Crippen molar-refractivity contribution < 1.29 is 13.2 Å². The van der Waals surface area contributed by atoms with Crippen molar-refractivity contribution in [2.24, 2.45) is 0 Å². The van der Waals surface area contributed by atoms with Crippen molar-refractivity contribution in [1.29, 1.82) is 0 Å². The van der Waals surface area contributed by atoms with E-state index < -0.39 is 11.1 Å². The minimum atomic E-state index is -4.45. The Morgan fingerprint density at radius 3 is 2.40 bits per heavy atom. The van der Waals surface area contributed by atoms with Gasteiger partial charge in [0.2, 0.25) is 0 Å². The molecule has 1 heterocycles. The van der Waals surface area contributed by atoms with E-state index >= 15 is 0 Å². The molecule has 1 aromatic heterocycles. The number of halogens is 3. The normalized spacial score (nSPS) is 11.9. The van der Waals surface area contributed by atoms with Gasteiger partial charge >= 0.3 is 6.18 Å². The largest absolute Gasteiger partial charge is 0.427 e. The van der Waals surface area contributed by atoms with Crippen molar-refractivity contribution in [1.82, 2.24) is 4.98 Å². The molecule has 3 aromatic rings. The number of thiazole rings is 1. The SMILES string of the molecule is Nc1nc(-c2ccc3ccccc3c2)c(C(F)(F)F)s1. The van der Waals surface area contributed by atoms with Crippen LogP contribution in [0, 0.1) is 0 Å². The van der Waals surface area contributed by atoms with E-state index in [4.69, 9.17) is 5.73 Å². The lowest BCUT2D eigenvalue weighted by Crippen LogP contribution is -2.03. The Bertz CT molecular complexity index is 777. The average Bonchev–Trinajstić information content (AvgIpc) is 2.80. The Morgan fingerprint density at radius 2 is 1.70 bits per heavy atom. The van der Waals surface area contributed by atoms with Gasteiger partial charge in [0.1, 0.15) is 4.88 Å². The Hall–Kier alpha value is -2.08. The summed E-state index contributed by atoms with van der Waals surface area (Å²) >= 11 is 0.463. The summed E-state index contributed by atoms with van der Waals surface area (Å²) < 4.78 is 38.9. The first-order valence-corrected chi connectivity index (χ1v) is 6.59. The summed E-state index contributed by atoms with van der Waals surface area (Å²) in [6, 6.07) is 12.6. The molecule has 2 nitrogen and oxygen atoms in total. The maximum Gasteiger partial charge on any atom is 0.427 e. The lowest BCUT2D eigenvalue weighted by atomic mass is 10.0. The lowest BCUT2D eigenvalue weighted by Gasteiger charge is -2.07. The van der Waals surface area contributed by atoms with Crippen LogP contribution in [-0.2, 0) is 6.18 Å². The van der Waals surface area contributed by atoms with Crippen LogP contribution < -0.4 is 5.73 Å². The van der Waals surface area contributed by atoms with Crippen molar-refractivity contribution >= 4 is 27.2 Å². The van der Waals surface area contributed by atoms with Crippen molar-refractivity contribution in [2.45, 2.75) is 6.18 Å². The number of anilines is 1. The fourth-order valence-corrected chi connectivity index (χ4v) is 2.78. The van der Waals surface area contributed by atoms with E-state index in [1.807, 2.05) is 24.3 Å². The van der Waals surface area contributed by atoms with Gasteiger partial charge in [0.25, 0.3) is 0 Å². The van der Waals surface area contributed by atoms with Gasteiger partial charge in [-0.2, -0.15) is 13.2 Å². The third-order valence-corrected chi connectivity index (χ3v) is 3.85. The second-order valence-corrected chi connectivity index (χ2v) is 5.32. The van der Waals surface area contributed by atoms with Crippen LogP contribution in [0.3, 0.4) is 0 Å². The Kier molecular flexibility index (Phi) is 2.90. The number of hydrogen-bond acceptors (Lipinski definition) is 3. The number of rotatable bonds is 1. The molecule has 0 atom stereocenters. The van der Waals surface area contributed by atoms with Crippen molar-refractivity contribution in [3.05, 3.63) is 47.3 Å². The van der Waals surface area contributed by atoms with E-state index in [-0.39, 0.29) is 10.8 Å². The minimum absolute atomic E-state index is 0.0829. The van der Waals surface area contributed by atoms with E-state index in [2.05, 4.69) is 4.98 Å². The highest BCUT2D eigenvalue weighted by Gasteiger charge is 2.37. The number of nitrogens with zero attached hydrogens (tertiary/aromatic N) is 1. The third-order valence-electron chi connectivity index (χ3n) is 2.92. The summed E-state index contributed by atoms with van der Waals surface area (Å²) in [4.78, 5) is 3.07. The van der Waals surface area contributed by atoms with Gasteiger partial charge in [0.15, 0.2) is 5.13 Å². The topological polar surface area (TPSA) is 38.9 Å². The predicted molar refractivity (Wildman–Crippen MR) is 74.5 cm³/mol. The zero-order valence-corrected chi connectivity index (χ0v) is 10.9. The number of alkyl halides is 3. The fourth-order valence-electron chi connectivity index (χ4n) is 2.06. The van der Waals surface area contributed by atoms with E-state index in [1.54, 1.807) is 18.2 Å². The van der Waals surface area contributed by atoms with Crippen LogP contribution in [-0.4, -0.2) is 4.98 Å². The maximum absolute atomic E-state index is 13.0. The summed E-state index contributed by atoms with van der Waals surface area (Å²) in [6.07, 6.45) is -4.45. The summed E-state index contributed by atoms with van der Waals surface area (Å²) in [7, 11) is 0. The first kappa shape index (κ1) is 12.9. The summed E-state index contributed by atoms with van der Waals surface area (Å²) in [5, 5.41) is 1.75. The molecule has 0 fully saturated rings. The molecule has 0 saturated heterocycles. The van der Waals surface area contributed by atoms with Crippen LogP contribution >= 0.6 is 11.3 Å². The van der Waals surface area contributed by atoms with E-state index in [0.717, 1.165) is 10.8 Å². The van der Waals surface area contributed by atoms with Crippen LogP contribution in [0.4, 0.5) is 18.3 Å². The Balaban J connectivity index is 2.20. The molecule has 0 spiro atoms. The number of hydrogen-bond donors (Lipinski definition) is 1. The molecule has 0 unspecified atom stereocenters. The maximum atomic E-state index is 13.0. The van der Waals surface area contributed by atoms with Gasteiger partial charge in [-0.3, -0.25) is 0 Å². The summed E-state index contributed by atoms with van der Waals surface area (Å²) in [5.74, 6) is 0. The molecule has 0 radical (unpaired) electrons. The van der Waals surface area contributed by atoms with Gasteiger partial charge in [0, 0.05) is 5.56 Å². The van der Waals surface area contributed by atoms with Gasteiger partial charge in [-0.25, -0.2) is 4.98 Å². The second kappa shape index (κ2) is 4.49. The lowest BCUT2D eigenvalue weighted by molar-refractivity contribution is -0.134. The zero-order chi connectivity index (χ0) is 14.3. The molecule has 0 amide bonds. The molecule has 102 valence electrons. The molecule has 0 aliphatic carbocycles. The highest BCUT2D eigenvalue weighted by atomic mass is 32.1. The highest BCUT2D eigenvalue weighted by Crippen LogP contribution is 2.42. The number of aromatic nitrogens is 1.